The standard InChI is InChI=1S/C20H14F3N5O4S/c1-11-7-17(26-32-11)25-18(29)10-33-19-24-15-9-14(28(30)31)5-6-16(15)27(19)13-4-2-3-12(8-13)20(21,22)23/h2-9H,10H2,1H3,(H,25,26,29). The summed E-state index contributed by atoms with van der Waals surface area (Å²) in [6, 6.07) is 9.99. The van der Waals surface area contributed by atoms with Crippen molar-refractivity contribution in [2.24, 2.45) is 0 Å². The van der Waals surface area contributed by atoms with E-state index in [0.29, 0.717) is 11.3 Å². The third-order valence-corrected chi connectivity index (χ3v) is 5.42. The predicted molar refractivity (Wildman–Crippen MR) is 113 cm³/mol. The molecule has 1 N–H and O–H groups in total. The average molecular weight is 477 g/mol. The molecule has 0 atom stereocenters. The van der Waals surface area contributed by atoms with Gasteiger partial charge in [-0.05, 0) is 31.2 Å². The van der Waals surface area contributed by atoms with Gasteiger partial charge in [-0.1, -0.05) is 23.0 Å². The maximum atomic E-state index is 13.3. The number of carbonyl (C=O) groups excluding carboxylic acids is 1. The van der Waals surface area contributed by atoms with E-state index in [-0.39, 0.29) is 33.6 Å². The highest BCUT2D eigenvalue weighted by Gasteiger charge is 2.31. The molecule has 0 unspecified atom stereocenters. The molecule has 0 spiro atoms. The molecule has 2 aromatic carbocycles. The highest BCUT2D eigenvalue weighted by Crippen LogP contribution is 2.34. The first-order valence-electron chi connectivity index (χ1n) is 9.32. The third kappa shape index (κ3) is 4.82. The Bertz CT molecular complexity index is 1370. The number of nitrogens with one attached hydrogen (secondary N) is 1. The van der Waals surface area contributed by atoms with Gasteiger partial charge in [0.2, 0.25) is 5.91 Å². The number of thioether (sulfide) groups is 1. The molecule has 9 nitrogen and oxygen atoms in total. The van der Waals surface area contributed by atoms with Gasteiger partial charge in [0.15, 0.2) is 11.0 Å². The maximum Gasteiger partial charge on any atom is 0.416 e. The van der Waals surface area contributed by atoms with Gasteiger partial charge in [-0.25, -0.2) is 4.98 Å². The molecule has 0 saturated carbocycles. The quantitative estimate of drug-likeness (QED) is 0.237. The normalized spacial score (nSPS) is 11.6. The first kappa shape index (κ1) is 22.3. The molecule has 2 heterocycles. The third-order valence-electron chi connectivity index (χ3n) is 4.48. The van der Waals surface area contributed by atoms with Crippen LogP contribution in [0, 0.1) is 17.0 Å². The fourth-order valence-electron chi connectivity index (χ4n) is 3.06. The number of nitrogens with zero attached hydrogens (tertiary/aromatic N) is 4. The van der Waals surface area contributed by atoms with Crippen molar-refractivity contribution in [2.45, 2.75) is 18.3 Å². The van der Waals surface area contributed by atoms with E-state index in [1.54, 1.807) is 6.92 Å². The second-order valence-corrected chi connectivity index (χ2v) is 7.81. The number of nitro benzene ring substituents is 1. The lowest BCUT2D eigenvalue weighted by molar-refractivity contribution is -0.384. The lowest BCUT2D eigenvalue weighted by atomic mass is 10.2. The zero-order valence-corrected chi connectivity index (χ0v) is 17.6. The summed E-state index contributed by atoms with van der Waals surface area (Å²) in [7, 11) is 0. The summed E-state index contributed by atoms with van der Waals surface area (Å²) in [5.74, 6) is 0.143. The average Bonchev–Trinajstić information content (AvgIpc) is 3.33. The van der Waals surface area contributed by atoms with Crippen molar-refractivity contribution in [1.29, 1.82) is 0 Å². The van der Waals surface area contributed by atoms with Crippen LogP contribution in [0.4, 0.5) is 24.7 Å². The van der Waals surface area contributed by atoms with Crippen LogP contribution in [0.15, 0.2) is 58.2 Å². The number of anilines is 1. The van der Waals surface area contributed by atoms with Crippen molar-refractivity contribution in [3.63, 3.8) is 0 Å². The van der Waals surface area contributed by atoms with Crippen LogP contribution in [-0.4, -0.2) is 31.3 Å². The van der Waals surface area contributed by atoms with Crippen molar-refractivity contribution in [1.82, 2.24) is 14.7 Å². The Morgan fingerprint density at radius 3 is 2.70 bits per heavy atom. The molecule has 1 amide bonds. The molecule has 0 saturated heterocycles. The fraction of sp³-hybridized carbons (Fsp3) is 0.150. The van der Waals surface area contributed by atoms with Gasteiger partial charge < -0.3 is 9.84 Å². The number of carbonyl (C=O) groups is 1. The Kier molecular flexibility index (Phi) is 5.80. The van der Waals surface area contributed by atoms with E-state index in [9.17, 15) is 28.1 Å². The number of non-ortho nitro benzene ring substituents is 1. The fourth-order valence-corrected chi connectivity index (χ4v) is 3.89. The molecule has 4 rings (SSSR count). The number of alkyl halides is 3. The van der Waals surface area contributed by atoms with Gasteiger partial charge in [0, 0.05) is 23.9 Å². The van der Waals surface area contributed by atoms with Crippen LogP contribution in [0.5, 0.6) is 0 Å². The lowest BCUT2D eigenvalue weighted by Gasteiger charge is -2.12. The van der Waals surface area contributed by atoms with Crippen molar-refractivity contribution in [2.75, 3.05) is 11.1 Å². The summed E-state index contributed by atoms with van der Waals surface area (Å²) in [5.41, 5.74) is -0.367. The van der Waals surface area contributed by atoms with Crippen LogP contribution in [0.3, 0.4) is 0 Å². The van der Waals surface area contributed by atoms with E-state index < -0.39 is 22.6 Å². The van der Waals surface area contributed by atoms with Gasteiger partial charge >= 0.3 is 6.18 Å². The molecule has 13 heteroatoms. The molecule has 0 aliphatic heterocycles. The smallest absolute Gasteiger partial charge is 0.360 e. The number of imidazole rings is 1. The number of amides is 1. The van der Waals surface area contributed by atoms with Crippen LogP contribution in [0.25, 0.3) is 16.7 Å². The topological polar surface area (TPSA) is 116 Å². The van der Waals surface area contributed by atoms with Gasteiger partial charge in [-0.3, -0.25) is 19.5 Å². The summed E-state index contributed by atoms with van der Waals surface area (Å²) < 4.78 is 46.1. The molecule has 0 aliphatic rings. The van der Waals surface area contributed by atoms with E-state index in [2.05, 4.69) is 15.5 Å². The maximum absolute atomic E-state index is 13.3. The molecule has 0 bridgehead atoms. The van der Waals surface area contributed by atoms with Crippen molar-refractivity contribution >= 4 is 40.2 Å². The molecule has 0 radical (unpaired) electrons. The highest BCUT2D eigenvalue weighted by atomic mass is 32.2. The first-order chi connectivity index (χ1) is 15.6. The Morgan fingerprint density at radius 2 is 2.03 bits per heavy atom. The zero-order chi connectivity index (χ0) is 23.8. The van der Waals surface area contributed by atoms with E-state index in [1.165, 1.54) is 41.0 Å². The monoisotopic (exact) mass is 477 g/mol. The van der Waals surface area contributed by atoms with Crippen LogP contribution in [0.2, 0.25) is 0 Å². The van der Waals surface area contributed by atoms with E-state index in [1.807, 2.05) is 0 Å². The summed E-state index contributed by atoms with van der Waals surface area (Å²) in [5, 5.41) is 17.5. The number of benzene rings is 2. The second kappa shape index (κ2) is 8.58. The van der Waals surface area contributed by atoms with E-state index in [0.717, 1.165) is 23.9 Å². The van der Waals surface area contributed by atoms with Crippen molar-refractivity contribution in [3.05, 3.63) is 70.0 Å². The largest absolute Gasteiger partial charge is 0.416 e. The Hall–Kier alpha value is -3.87. The predicted octanol–water partition coefficient (Wildman–Crippen LogP) is 4.98. The Morgan fingerprint density at radius 1 is 1.24 bits per heavy atom. The Labute approximate surface area is 187 Å². The van der Waals surface area contributed by atoms with Crippen LogP contribution < -0.4 is 5.32 Å². The van der Waals surface area contributed by atoms with Crippen LogP contribution >= 0.6 is 11.8 Å². The minimum atomic E-state index is -4.56. The van der Waals surface area contributed by atoms with Crippen molar-refractivity contribution < 1.29 is 27.4 Å². The van der Waals surface area contributed by atoms with Gasteiger partial charge in [-0.2, -0.15) is 13.2 Å². The molecular weight excluding hydrogens is 463 g/mol. The molecule has 0 aliphatic carbocycles. The first-order valence-corrected chi connectivity index (χ1v) is 10.3. The van der Waals surface area contributed by atoms with Gasteiger partial charge in [0.25, 0.3) is 5.69 Å². The molecule has 0 fully saturated rings. The number of halogens is 3. The molecule has 170 valence electrons. The Balaban J connectivity index is 1.71. The SMILES string of the molecule is Cc1cc(NC(=O)CSc2nc3cc([N+](=O)[O-])ccc3n2-c2cccc(C(F)(F)F)c2)no1. The number of hydrogen-bond donors (Lipinski definition) is 1. The van der Waals surface area contributed by atoms with Gasteiger partial charge in [0.1, 0.15) is 5.76 Å². The minimum absolute atomic E-state index is 0.143. The molecule has 2 aromatic heterocycles. The number of rotatable bonds is 6. The molecule has 4 aromatic rings. The summed E-state index contributed by atoms with van der Waals surface area (Å²) >= 11 is 0.960. The number of nitro groups is 1. The lowest BCUT2D eigenvalue weighted by Crippen LogP contribution is -2.14. The molecule has 33 heavy (non-hydrogen) atoms. The van der Waals surface area contributed by atoms with Crippen LogP contribution in [-0.2, 0) is 11.0 Å². The second-order valence-electron chi connectivity index (χ2n) is 6.87. The summed E-state index contributed by atoms with van der Waals surface area (Å²) in [6.45, 7) is 1.66. The van der Waals surface area contributed by atoms with E-state index >= 15 is 0 Å². The van der Waals surface area contributed by atoms with E-state index in [4.69, 9.17) is 4.52 Å². The number of hydrogen-bond acceptors (Lipinski definition) is 7. The summed E-state index contributed by atoms with van der Waals surface area (Å²) in [6.07, 6.45) is -4.56. The van der Waals surface area contributed by atoms with Crippen LogP contribution in [0.1, 0.15) is 11.3 Å². The summed E-state index contributed by atoms with van der Waals surface area (Å²) in [4.78, 5) is 27.2. The number of aromatic nitrogens is 3. The minimum Gasteiger partial charge on any atom is -0.360 e. The van der Waals surface area contributed by atoms with Gasteiger partial charge in [-0.15, -0.1) is 0 Å². The van der Waals surface area contributed by atoms with Crippen molar-refractivity contribution in [3.8, 4) is 5.69 Å². The zero-order valence-electron chi connectivity index (χ0n) is 16.8. The molecular formula is C20H14F3N5O4S. The van der Waals surface area contributed by atoms with Gasteiger partial charge in [0.05, 0.1) is 27.3 Å². The number of fused-ring (bicyclic) bond motifs is 1. The number of aryl methyl sites for hydroxylation is 1. The highest BCUT2D eigenvalue weighted by molar-refractivity contribution is 7.99.